The molecule has 0 aliphatic carbocycles. The summed E-state index contributed by atoms with van der Waals surface area (Å²) in [6, 6.07) is 14.5. The second kappa shape index (κ2) is 10.6. The minimum absolute atomic E-state index is 0.118. The summed E-state index contributed by atoms with van der Waals surface area (Å²) in [5.41, 5.74) is 6.32. The van der Waals surface area contributed by atoms with Crippen LogP contribution in [0.4, 0.5) is 4.39 Å². The SMILES string of the molecule is NC(=O)C1CC(c2ccc(F)cc2)CN1C(=O)CNC(=O)CCCOc1ccccc1. The number of para-hydroxylation sites is 1. The number of nitrogens with one attached hydrogen (secondary N) is 1. The van der Waals surface area contributed by atoms with Gasteiger partial charge in [-0.1, -0.05) is 30.3 Å². The van der Waals surface area contributed by atoms with Gasteiger partial charge < -0.3 is 20.7 Å². The first-order chi connectivity index (χ1) is 14.9. The predicted octanol–water partition coefficient (Wildman–Crippen LogP) is 1.97. The lowest BCUT2D eigenvalue weighted by atomic mass is 9.96. The van der Waals surface area contributed by atoms with Crippen molar-refractivity contribution in [2.45, 2.75) is 31.2 Å². The molecule has 1 fully saturated rings. The summed E-state index contributed by atoms with van der Waals surface area (Å²) in [5, 5.41) is 2.59. The van der Waals surface area contributed by atoms with Gasteiger partial charge in [0.25, 0.3) is 0 Å². The van der Waals surface area contributed by atoms with Crippen molar-refractivity contribution in [3.63, 3.8) is 0 Å². The quantitative estimate of drug-likeness (QED) is 0.598. The van der Waals surface area contributed by atoms with Crippen LogP contribution in [0.15, 0.2) is 54.6 Å². The van der Waals surface area contributed by atoms with Crippen LogP contribution in [0, 0.1) is 5.82 Å². The third-order valence-electron chi connectivity index (χ3n) is 5.29. The summed E-state index contributed by atoms with van der Waals surface area (Å²) in [7, 11) is 0. The van der Waals surface area contributed by atoms with Gasteiger partial charge in [0.2, 0.25) is 17.7 Å². The molecule has 2 atom stereocenters. The fourth-order valence-electron chi connectivity index (χ4n) is 3.66. The van der Waals surface area contributed by atoms with E-state index in [1.165, 1.54) is 17.0 Å². The van der Waals surface area contributed by atoms with E-state index in [1.807, 2.05) is 30.3 Å². The van der Waals surface area contributed by atoms with E-state index in [0.717, 1.165) is 11.3 Å². The molecule has 3 N–H and O–H groups in total. The largest absolute Gasteiger partial charge is 0.494 e. The highest BCUT2D eigenvalue weighted by molar-refractivity contribution is 5.90. The molecular formula is C23H26FN3O4. The van der Waals surface area contributed by atoms with Gasteiger partial charge in [0.1, 0.15) is 17.6 Å². The molecule has 3 rings (SSSR count). The van der Waals surface area contributed by atoms with Gasteiger partial charge in [-0.05, 0) is 42.7 Å². The molecule has 0 aromatic heterocycles. The molecule has 164 valence electrons. The van der Waals surface area contributed by atoms with Crippen LogP contribution in [0.1, 0.15) is 30.7 Å². The maximum absolute atomic E-state index is 13.2. The van der Waals surface area contributed by atoms with Crippen molar-refractivity contribution in [2.75, 3.05) is 19.7 Å². The molecule has 0 bridgehead atoms. The number of benzene rings is 2. The lowest BCUT2D eigenvalue weighted by Gasteiger charge is -2.22. The first kappa shape index (κ1) is 22.3. The van der Waals surface area contributed by atoms with Gasteiger partial charge in [0.05, 0.1) is 13.2 Å². The van der Waals surface area contributed by atoms with E-state index in [1.54, 1.807) is 12.1 Å². The number of hydrogen-bond donors (Lipinski definition) is 2. The van der Waals surface area contributed by atoms with Crippen molar-refractivity contribution < 1.29 is 23.5 Å². The number of carbonyl (C=O) groups is 3. The Balaban J connectivity index is 1.45. The van der Waals surface area contributed by atoms with Crippen LogP contribution in [0.2, 0.25) is 0 Å². The predicted molar refractivity (Wildman–Crippen MR) is 113 cm³/mol. The number of nitrogens with two attached hydrogens (primary N) is 1. The Labute approximate surface area is 180 Å². The number of halogens is 1. The number of nitrogens with zero attached hydrogens (tertiary/aromatic N) is 1. The zero-order valence-corrected chi connectivity index (χ0v) is 17.1. The molecule has 2 aromatic rings. The topological polar surface area (TPSA) is 102 Å². The summed E-state index contributed by atoms with van der Waals surface area (Å²) >= 11 is 0. The Kier molecular flexibility index (Phi) is 7.59. The fourth-order valence-corrected chi connectivity index (χ4v) is 3.66. The maximum Gasteiger partial charge on any atom is 0.242 e. The number of rotatable bonds is 9. The Morgan fingerprint density at radius 1 is 1.10 bits per heavy atom. The number of hydrogen-bond acceptors (Lipinski definition) is 4. The molecule has 2 aromatic carbocycles. The molecular weight excluding hydrogens is 401 g/mol. The first-order valence-electron chi connectivity index (χ1n) is 10.2. The van der Waals surface area contributed by atoms with E-state index in [9.17, 15) is 18.8 Å². The molecule has 0 saturated carbocycles. The van der Waals surface area contributed by atoms with Crippen molar-refractivity contribution in [2.24, 2.45) is 5.73 Å². The molecule has 31 heavy (non-hydrogen) atoms. The van der Waals surface area contributed by atoms with Gasteiger partial charge in [-0.3, -0.25) is 14.4 Å². The lowest BCUT2D eigenvalue weighted by Crippen LogP contribution is -2.47. The van der Waals surface area contributed by atoms with Gasteiger partial charge in [-0.15, -0.1) is 0 Å². The van der Waals surface area contributed by atoms with Gasteiger partial charge in [-0.2, -0.15) is 0 Å². The summed E-state index contributed by atoms with van der Waals surface area (Å²) in [6.07, 6.45) is 1.10. The highest BCUT2D eigenvalue weighted by Gasteiger charge is 2.38. The Hall–Kier alpha value is -3.42. The van der Waals surface area contributed by atoms with Gasteiger partial charge >= 0.3 is 0 Å². The van der Waals surface area contributed by atoms with E-state index in [0.29, 0.717) is 26.0 Å². The monoisotopic (exact) mass is 427 g/mol. The van der Waals surface area contributed by atoms with Crippen molar-refractivity contribution in [1.29, 1.82) is 0 Å². The molecule has 1 aliphatic heterocycles. The highest BCUT2D eigenvalue weighted by Crippen LogP contribution is 2.31. The number of ether oxygens (including phenoxy) is 1. The molecule has 8 heteroatoms. The molecule has 1 heterocycles. The minimum atomic E-state index is -0.751. The third kappa shape index (κ3) is 6.28. The molecule has 0 spiro atoms. The van der Waals surface area contributed by atoms with Crippen molar-refractivity contribution in [3.8, 4) is 5.75 Å². The van der Waals surface area contributed by atoms with Crippen LogP contribution >= 0.6 is 0 Å². The second-order valence-corrected chi connectivity index (χ2v) is 7.49. The average Bonchev–Trinajstić information content (AvgIpc) is 3.22. The van der Waals surface area contributed by atoms with Gasteiger partial charge in [-0.25, -0.2) is 4.39 Å². The summed E-state index contributed by atoms with van der Waals surface area (Å²) in [5.74, 6) is -0.967. The van der Waals surface area contributed by atoms with E-state index in [4.69, 9.17) is 10.5 Å². The number of carbonyl (C=O) groups excluding carboxylic acids is 3. The summed E-state index contributed by atoms with van der Waals surface area (Å²) in [6.45, 7) is 0.470. The van der Waals surface area contributed by atoms with E-state index < -0.39 is 11.9 Å². The van der Waals surface area contributed by atoms with Crippen LogP contribution < -0.4 is 15.8 Å². The van der Waals surface area contributed by atoms with Crippen LogP contribution in [0.3, 0.4) is 0 Å². The second-order valence-electron chi connectivity index (χ2n) is 7.49. The Bertz CT molecular complexity index is 905. The molecule has 7 nitrogen and oxygen atoms in total. The molecule has 3 amide bonds. The number of amides is 3. The third-order valence-corrected chi connectivity index (χ3v) is 5.29. The van der Waals surface area contributed by atoms with Crippen LogP contribution in [-0.2, 0) is 14.4 Å². The maximum atomic E-state index is 13.2. The molecule has 2 unspecified atom stereocenters. The summed E-state index contributed by atoms with van der Waals surface area (Å²) in [4.78, 5) is 37.9. The van der Waals surface area contributed by atoms with E-state index in [2.05, 4.69) is 5.32 Å². The van der Waals surface area contributed by atoms with Crippen LogP contribution in [-0.4, -0.2) is 48.4 Å². The molecule has 1 saturated heterocycles. The van der Waals surface area contributed by atoms with Crippen molar-refractivity contribution >= 4 is 17.7 Å². The Morgan fingerprint density at radius 3 is 2.48 bits per heavy atom. The molecule has 1 aliphatic rings. The van der Waals surface area contributed by atoms with E-state index in [-0.39, 0.29) is 36.5 Å². The summed E-state index contributed by atoms with van der Waals surface area (Å²) < 4.78 is 18.7. The lowest BCUT2D eigenvalue weighted by molar-refractivity contribution is -0.137. The minimum Gasteiger partial charge on any atom is -0.494 e. The highest BCUT2D eigenvalue weighted by atomic mass is 19.1. The first-order valence-corrected chi connectivity index (χ1v) is 10.2. The normalized spacial score (nSPS) is 17.9. The number of likely N-dealkylation sites (tertiary alicyclic amines) is 1. The zero-order chi connectivity index (χ0) is 22.2. The van der Waals surface area contributed by atoms with Crippen molar-refractivity contribution in [1.82, 2.24) is 10.2 Å². The standard InChI is InChI=1S/C23H26FN3O4/c24-18-10-8-16(9-11-18)17-13-20(23(25)30)27(15-17)22(29)14-26-21(28)7-4-12-31-19-5-2-1-3-6-19/h1-3,5-6,8-11,17,20H,4,7,12-15H2,(H2,25,30)(H,26,28). The fraction of sp³-hybridized carbons (Fsp3) is 0.348. The van der Waals surface area contributed by atoms with Crippen LogP contribution in [0.5, 0.6) is 5.75 Å². The van der Waals surface area contributed by atoms with Crippen LogP contribution in [0.25, 0.3) is 0 Å². The average molecular weight is 427 g/mol. The Morgan fingerprint density at radius 2 is 1.81 bits per heavy atom. The van der Waals surface area contributed by atoms with E-state index >= 15 is 0 Å². The number of primary amides is 1. The van der Waals surface area contributed by atoms with Crippen molar-refractivity contribution in [3.05, 3.63) is 66.0 Å². The molecule has 0 radical (unpaired) electrons. The van der Waals surface area contributed by atoms with Gasteiger partial charge in [0, 0.05) is 18.9 Å². The van der Waals surface area contributed by atoms with Gasteiger partial charge in [0.15, 0.2) is 0 Å². The smallest absolute Gasteiger partial charge is 0.242 e. The zero-order valence-electron chi connectivity index (χ0n) is 17.1.